The summed E-state index contributed by atoms with van der Waals surface area (Å²) in [5.41, 5.74) is 4.79. The predicted molar refractivity (Wildman–Crippen MR) is 68.5 cm³/mol. The van der Waals surface area contributed by atoms with Crippen LogP contribution >= 0.6 is 0 Å². The maximum Gasteiger partial charge on any atom is 0.338 e. The van der Waals surface area contributed by atoms with E-state index in [-0.39, 0.29) is 11.4 Å². The van der Waals surface area contributed by atoms with Gasteiger partial charge in [0.25, 0.3) is 0 Å². The second-order valence-electron chi connectivity index (χ2n) is 5.49. The minimum absolute atomic E-state index is 0.228. The summed E-state index contributed by atoms with van der Waals surface area (Å²) >= 11 is 0. The van der Waals surface area contributed by atoms with E-state index in [2.05, 4.69) is 19.9 Å². The summed E-state index contributed by atoms with van der Waals surface area (Å²) in [6.07, 6.45) is 3.50. The van der Waals surface area contributed by atoms with Crippen LogP contribution in [-0.2, 0) is 16.6 Å². The summed E-state index contributed by atoms with van der Waals surface area (Å²) in [6, 6.07) is 4.01. The van der Waals surface area contributed by atoms with Gasteiger partial charge >= 0.3 is 5.97 Å². The first-order chi connectivity index (χ1) is 7.97. The van der Waals surface area contributed by atoms with E-state index in [1.165, 1.54) is 31.1 Å². The Morgan fingerprint density at radius 2 is 2.06 bits per heavy atom. The zero-order valence-corrected chi connectivity index (χ0v) is 11.1. The fourth-order valence-corrected chi connectivity index (χ4v) is 2.89. The molecular weight excluding hydrogens is 212 g/mol. The molecule has 0 radical (unpaired) electrons. The second kappa shape index (κ2) is 4.17. The third-order valence-electron chi connectivity index (χ3n) is 3.96. The van der Waals surface area contributed by atoms with Gasteiger partial charge in [0.2, 0.25) is 0 Å². The summed E-state index contributed by atoms with van der Waals surface area (Å²) < 4.78 is 4.82. The van der Waals surface area contributed by atoms with E-state index in [0.717, 1.165) is 12.0 Å². The van der Waals surface area contributed by atoms with Crippen LogP contribution in [0.4, 0.5) is 0 Å². The summed E-state index contributed by atoms with van der Waals surface area (Å²) in [5.74, 6) is -0.228. The van der Waals surface area contributed by atoms with Crippen molar-refractivity contribution in [2.75, 3.05) is 7.11 Å². The summed E-state index contributed by atoms with van der Waals surface area (Å²) in [4.78, 5) is 11.7. The molecule has 0 fully saturated rings. The highest BCUT2D eigenvalue weighted by atomic mass is 16.5. The summed E-state index contributed by atoms with van der Waals surface area (Å²) in [7, 11) is 1.44. The van der Waals surface area contributed by atoms with Gasteiger partial charge < -0.3 is 4.74 Å². The van der Waals surface area contributed by atoms with Crippen molar-refractivity contribution in [3.63, 3.8) is 0 Å². The third-order valence-corrected chi connectivity index (χ3v) is 3.96. The molecule has 0 bridgehead atoms. The lowest BCUT2D eigenvalue weighted by atomic mass is 9.71. The predicted octanol–water partition coefficient (Wildman–Crippen LogP) is 3.40. The van der Waals surface area contributed by atoms with Gasteiger partial charge in [-0.05, 0) is 54.4 Å². The Balaban J connectivity index is 2.56. The molecule has 1 aliphatic carbocycles. The molecular formula is C15H20O2. The lowest BCUT2D eigenvalue weighted by molar-refractivity contribution is 0.0599. The first kappa shape index (κ1) is 12.2. The Labute approximate surface area is 103 Å². The van der Waals surface area contributed by atoms with Crippen LogP contribution in [0.2, 0.25) is 0 Å². The molecule has 2 nitrogen and oxygen atoms in total. The number of esters is 1. The van der Waals surface area contributed by atoms with Gasteiger partial charge in [-0.2, -0.15) is 0 Å². The first-order valence-corrected chi connectivity index (χ1v) is 6.18. The fraction of sp³-hybridized carbons (Fsp3) is 0.533. The van der Waals surface area contributed by atoms with Gasteiger partial charge in [0.15, 0.2) is 0 Å². The van der Waals surface area contributed by atoms with Crippen LogP contribution in [-0.4, -0.2) is 13.1 Å². The molecule has 0 spiro atoms. The van der Waals surface area contributed by atoms with Crippen LogP contribution in [0.1, 0.15) is 53.7 Å². The number of carbonyl (C=O) groups is 1. The monoisotopic (exact) mass is 232 g/mol. The van der Waals surface area contributed by atoms with Crippen LogP contribution in [0.3, 0.4) is 0 Å². The van der Waals surface area contributed by atoms with Crippen molar-refractivity contribution in [2.24, 2.45) is 0 Å². The van der Waals surface area contributed by atoms with Gasteiger partial charge in [0.1, 0.15) is 0 Å². The Morgan fingerprint density at radius 3 is 2.71 bits per heavy atom. The molecule has 1 aromatic carbocycles. The van der Waals surface area contributed by atoms with Gasteiger partial charge in [-0.15, -0.1) is 0 Å². The molecule has 2 heteroatoms. The Hall–Kier alpha value is -1.31. The van der Waals surface area contributed by atoms with Crippen molar-refractivity contribution < 1.29 is 9.53 Å². The molecule has 0 amide bonds. The fourth-order valence-electron chi connectivity index (χ4n) is 2.89. The summed E-state index contributed by atoms with van der Waals surface area (Å²) in [5, 5.41) is 0. The molecule has 0 heterocycles. The number of hydrogen-bond acceptors (Lipinski definition) is 2. The molecule has 1 aliphatic rings. The number of methoxy groups -OCH3 is 1. The molecule has 0 saturated carbocycles. The van der Waals surface area contributed by atoms with E-state index in [1.54, 1.807) is 0 Å². The SMILES string of the molecule is COC(=O)c1ccc2c(c1C)CCCC2(C)C. The van der Waals surface area contributed by atoms with Crippen molar-refractivity contribution >= 4 is 5.97 Å². The quantitative estimate of drug-likeness (QED) is 0.694. The van der Waals surface area contributed by atoms with E-state index in [1.807, 2.05) is 13.0 Å². The number of hydrogen-bond donors (Lipinski definition) is 0. The van der Waals surface area contributed by atoms with Gasteiger partial charge in [0, 0.05) is 0 Å². The second-order valence-corrected chi connectivity index (χ2v) is 5.49. The molecule has 0 aliphatic heterocycles. The molecule has 1 aromatic rings. The molecule has 0 saturated heterocycles. The lowest BCUT2D eigenvalue weighted by Crippen LogP contribution is -2.25. The Bertz CT molecular complexity index is 458. The smallest absolute Gasteiger partial charge is 0.338 e. The average molecular weight is 232 g/mol. The standard InChI is InChI=1S/C15H20O2/c1-10-11-6-5-9-15(2,3)13(11)8-7-12(10)14(16)17-4/h7-8H,5-6,9H2,1-4H3. The van der Waals surface area contributed by atoms with Crippen LogP contribution in [0.25, 0.3) is 0 Å². The average Bonchev–Trinajstić information content (AvgIpc) is 2.29. The number of fused-ring (bicyclic) bond motifs is 1. The zero-order valence-electron chi connectivity index (χ0n) is 11.1. The maximum atomic E-state index is 11.7. The topological polar surface area (TPSA) is 26.3 Å². The Kier molecular flexibility index (Phi) is 2.98. The minimum Gasteiger partial charge on any atom is -0.465 e. The minimum atomic E-state index is -0.228. The van der Waals surface area contributed by atoms with E-state index >= 15 is 0 Å². The van der Waals surface area contributed by atoms with Crippen molar-refractivity contribution in [1.29, 1.82) is 0 Å². The van der Waals surface area contributed by atoms with E-state index in [4.69, 9.17) is 4.74 Å². The van der Waals surface area contributed by atoms with E-state index in [0.29, 0.717) is 5.56 Å². The van der Waals surface area contributed by atoms with Crippen molar-refractivity contribution in [2.45, 2.75) is 45.4 Å². The van der Waals surface area contributed by atoms with Gasteiger partial charge in [0.05, 0.1) is 12.7 Å². The number of rotatable bonds is 1. The van der Waals surface area contributed by atoms with E-state index in [9.17, 15) is 4.79 Å². The van der Waals surface area contributed by atoms with Crippen molar-refractivity contribution in [1.82, 2.24) is 0 Å². The summed E-state index contributed by atoms with van der Waals surface area (Å²) in [6.45, 7) is 6.59. The number of carbonyl (C=O) groups excluding carboxylic acids is 1. The molecule has 0 N–H and O–H groups in total. The zero-order chi connectivity index (χ0) is 12.6. The highest BCUT2D eigenvalue weighted by Crippen LogP contribution is 2.38. The number of benzene rings is 1. The maximum absolute atomic E-state index is 11.7. The molecule has 0 atom stereocenters. The molecule has 17 heavy (non-hydrogen) atoms. The van der Waals surface area contributed by atoms with Crippen molar-refractivity contribution in [3.05, 3.63) is 34.4 Å². The lowest BCUT2D eigenvalue weighted by Gasteiger charge is -2.34. The number of ether oxygens (including phenoxy) is 1. The van der Waals surface area contributed by atoms with Crippen LogP contribution < -0.4 is 0 Å². The molecule has 92 valence electrons. The normalized spacial score (nSPS) is 17.4. The van der Waals surface area contributed by atoms with Crippen LogP contribution in [0.15, 0.2) is 12.1 Å². The third kappa shape index (κ3) is 1.97. The van der Waals surface area contributed by atoms with Crippen molar-refractivity contribution in [3.8, 4) is 0 Å². The van der Waals surface area contributed by atoms with Crippen LogP contribution in [0, 0.1) is 6.92 Å². The molecule has 0 unspecified atom stereocenters. The van der Waals surface area contributed by atoms with Gasteiger partial charge in [-0.25, -0.2) is 4.79 Å². The Morgan fingerprint density at radius 1 is 1.35 bits per heavy atom. The van der Waals surface area contributed by atoms with Crippen LogP contribution in [0.5, 0.6) is 0 Å². The van der Waals surface area contributed by atoms with Gasteiger partial charge in [-0.3, -0.25) is 0 Å². The largest absolute Gasteiger partial charge is 0.465 e. The first-order valence-electron chi connectivity index (χ1n) is 6.18. The molecule has 2 rings (SSSR count). The van der Waals surface area contributed by atoms with Gasteiger partial charge in [-0.1, -0.05) is 19.9 Å². The highest BCUT2D eigenvalue weighted by molar-refractivity contribution is 5.91. The highest BCUT2D eigenvalue weighted by Gasteiger charge is 2.29. The molecule has 0 aromatic heterocycles. The van der Waals surface area contributed by atoms with E-state index < -0.39 is 0 Å².